The maximum atomic E-state index is 13.0. The predicted octanol–water partition coefficient (Wildman–Crippen LogP) is 4.21. The molecule has 0 aromatic heterocycles. The van der Waals surface area contributed by atoms with Gasteiger partial charge < -0.3 is 10.1 Å². The van der Waals surface area contributed by atoms with Gasteiger partial charge in [0.1, 0.15) is 17.6 Å². The van der Waals surface area contributed by atoms with E-state index in [9.17, 15) is 4.39 Å². The first kappa shape index (κ1) is 13.4. The van der Waals surface area contributed by atoms with Gasteiger partial charge in [0.2, 0.25) is 0 Å². The lowest BCUT2D eigenvalue weighted by Crippen LogP contribution is -1.95. The van der Waals surface area contributed by atoms with Crippen LogP contribution in [-0.2, 0) is 0 Å². The second-order valence-corrected chi connectivity index (χ2v) is 4.63. The summed E-state index contributed by atoms with van der Waals surface area (Å²) in [5.41, 5.74) is 1.55. The van der Waals surface area contributed by atoms with Crippen molar-refractivity contribution in [1.82, 2.24) is 0 Å². The van der Waals surface area contributed by atoms with E-state index in [-0.39, 0.29) is 5.56 Å². The number of methoxy groups -OCH3 is 1. The summed E-state index contributed by atoms with van der Waals surface area (Å²) in [6, 6.07) is 11.4. The molecular formula is C14H10BrFN2O. The molecule has 0 aliphatic rings. The largest absolute Gasteiger partial charge is 0.495 e. The molecule has 19 heavy (non-hydrogen) atoms. The molecule has 0 heterocycles. The van der Waals surface area contributed by atoms with Crippen molar-refractivity contribution in [1.29, 1.82) is 5.26 Å². The Bertz CT molecular complexity index is 652. The predicted molar refractivity (Wildman–Crippen MR) is 75.1 cm³/mol. The van der Waals surface area contributed by atoms with E-state index < -0.39 is 5.82 Å². The van der Waals surface area contributed by atoms with Crippen molar-refractivity contribution in [2.45, 2.75) is 0 Å². The fourth-order valence-corrected chi connectivity index (χ4v) is 2.02. The van der Waals surface area contributed by atoms with Crippen molar-refractivity contribution in [3.63, 3.8) is 0 Å². The zero-order valence-corrected chi connectivity index (χ0v) is 11.7. The minimum atomic E-state index is -0.435. The molecule has 0 unspecified atom stereocenters. The number of rotatable bonds is 3. The molecule has 1 N–H and O–H groups in total. The number of hydrogen-bond acceptors (Lipinski definition) is 3. The summed E-state index contributed by atoms with van der Waals surface area (Å²) in [5, 5.41) is 12.0. The highest BCUT2D eigenvalue weighted by Gasteiger charge is 2.06. The van der Waals surface area contributed by atoms with Crippen LogP contribution in [0, 0.1) is 17.1 Å². The second kappa shape index (κ2) is 5.72. The Balaban J connectivity index is 2.34. The van der Waals surface area contributed by atoms with Gasteiger partial charge in [-0.1, -0.05) is 0 Å². The van der Waals surface area contributed by atoms with E-state index in [1.807, 2.05) is 18.2 Å². The lowest BCUT2D eigenvalue weighted by atomic mass is 10.2. The second-order valence-electron chi connectivity index (χ2n) is 3.78. The molecule has 2 rings (SSSR count). The molecule has 0 bridgehead atoms. The monoisotopic (exact) mass is 320 g/mol. The molecule has 0 aliphatic carbocycles. The highest BCUT2D eigenvalue weighted by Crippen LogP contribution is 2.30. The molecule has 0 spiro atoms. The summed E-state index contributed by atoms with van der Waals surface area (Å²) in [5.74, 6) is 0.237. The van der Waals surface area contributed by atoms with Crippen molar-refractivity contribution < 1.29 is 9.13 Å². The fourth-order valence-electron chi connectivity index (χ4n) is 1.61. The molecule has 0 radical (unpaired) electrons. The third-order valence-corrected chi connectivity index (χ3v) is 3.19. The van der Waals surface area contributed by atoms with Gasteiger partial charge in [-0.25, -0.2) is 4.39 Å². The van der Waals surface area contributed by atoms with Crippen molar-refractivity contribution >= 4 is 27.3 Å². The number of ether oxygens (including phenoxy) is 1. The lowest BCUT2D eigenvalue weighted by molar-refractivity contribution is 0.412. The SMILES string of the molecule is COc1cc(Nc2ccc(F)cc2C#N)ccc1Br. The molecule has 0 aliphatic heterocycles. The molecule has 2 aromatic carbocycles. The molecule has 96 valence electrons. The summed E-state index contributed by atoms with van der Waals surface area (Å²) in [7, 11) is 1.57. The maximum Gasteiger partial charge on any atom is 0.135 e. The van der Waals surface area contributed by atoms with Gasteiger partial charge in [0.25, 0.3) is 0 Å². The molecule has 0 saturated carbocycles. The Morgan fingerprint density at radius 1 is 1.26 bits per heavy atom. The van der Waals surface area contributed by atoms with Crippen LogP contribution in [0.2, 0.25) is 0 Å². The molecular weight excluding hydrogens is 311 g/mol. The third-order valence-electron chi connectivity index (χ3n) is 2.53. The zero-order chi connectivity index (χ0) is 13.8. The first-order chi connectivity index (χ1) is 9.13. The van der Waals surface area contributed by atoms with Crippen LogP contribution in [0.25, 0.3) is 0 Å². The number of hydrogen-bond donors (Lipinski definition) is 1. The topological polar surface area (TPSA) is 45.0 Å². The molecule has 2 aromatic rings. The molecule has 0 saturated heterocycles. The van der Waals surface area contributed by atoms with E-state index >= 15 is 0 Å². The normalized spacial score (nSPS) is 9.79. The van der Waals surface area contributed by atoms with Crippen LogP contribution in [0.15, 0.2) is 40.9 Å². The van der Waals surface area contributed by atoms with Gasteiger partial charge >= 0.3 is 0 Å². The van der Waals surface area contributed by atoms with E-state index in [0.717, 1.165) is 10.2 Å². The van der Waals surface area contributed by atoms with Crippen LogP contribution in [0.3, 0.4) is 0 Å². The van der Waals surface area contributed by atoms with Gasteiger partial charge in [-0.2, -0.15) is 5.26 Å². The number of anilines is 2. The minimum absolute atomic E-state index is 0.252. The van der Waals surface area contributed by atoms with Crippen LogP contribution < -0.4 is 10.1 Å². The Kier molecular flexibility index (Phi) is 4.03. The maximum absolute atomic E-state index is 13.0. The van der Waals surface area contributed by atoms with Crippen LogP contribution in [0.4, 0.5) is 15.8 Å². The highest BCUT2D eigenvalue weighted by molar-refractivity contribution is 9.10. The Morgan fingerprint density at radius 3 is 2.74 bits per heavy atom. The Labute approximate surface area is 118 Å². The summed E-state index contributed by atoms with van der Waals surface area (Å²) in [6.07, 6.45) is 0. The number of nitrogens with one attached hydrogen (secondary N) is 1. The number of benzene rings is 2. The van der Waals surface area contributed by atoms with Crippen LogP contribution in [0.1, 0.15) is 5.56 Å². The minimum Gasteiger partial charge on any atom is -0.495 e. The summed E-state index contributed by atoms with van der Waals surface area (Å²) < 4.78 is 19.1. The third kappa shape index (κ3) is 3.04. The van der Waals surface area contributed by atoms with Crippen LogP contribution >= 0.6 is 15.9 Å². The first-order valence-electron chi connectivity index (χ1n) is 5.44. The smallest absolute Gasteiger partial charge is 0.135 e. The quantitative estimate of drug-likeness (QED) is 0.921. The van der Waals surface area contributed by atoms with Gasteiger partial charge in [0, 0.05) is 11.8 Å². The van der Waals surface area contributed by atoms with E-state index in [1.165, 1.54) is 18.2 Å². The van der Waals surface area contributed by atoms with Gasteiger partial charge in [-0.3, -0.25) is 0 Å². The lowest BCUT2D eigenvalue weighted by Gasteiger charge is -2.10. The molecule has 5 heteroatoms. The van der Waals surface area contributed by atoms with E-state index in [0.29, 0.717) is 11.4 Å². The van der Waals surface area contributed by atoms with E-state index in [2.05, 4.69) is 21.2 Å². The average molecular weight is 321 g/mol. The highest BCUT2D eigenvalue weighted by atomic mass is 79.9. The van der Waals surface area contributed by atoms with Gasteiger partial charge in [0.05, 0.1) is 22.8 Å². The Morgan fingerprint density at radius 2 is 2.05 bits per heavy atom. The molecule has 0 amide bonds. The Hall–Kier alpha value is -2.06. The van der Waals surface area contributed by atoms with Crippen molar-refractivity contribution in [2.75, 3.05) is 12.4 Å². The number of nitrogens with zero attached hydrogens (tertiary/aromatic N) is 1. The average Bonchev–Trinajstić information content (AvgIpc) is 2.42. The van der Waals surface area contributed by atoms with Crippen molar-refractivity contribution in [2.24, 2.45) is 0 Å². The first-order valence-corrected chi connectivity index (χ1v) is 6.23. The molecule has 0 atom stereocenters. The van der Waals surface area contributed by atoms with Crippen LogP contribution in [-0.4, -0.2) is 7.11 Å². The van der Waals surface area contributed by atoms with Gasteiger partial charge in [-0.15, -0.1) is 0 Å². The van der Waals surface area contributed by atoms with Crippen molar-refractivity contribution in [3.05, 3.63) is 52.3 Å². The molecule has 3 nitrogen and oxygen atoms in total. The van der Waals surface area contributed by atoms with E-state index in [4.69, 9.17) is 10.00 Å². The number of halogens is 2. The summed E-state index contributed by atoms with van der Waals surface area (Å²) >= 11 is 3.36. The van der Waals surface area contributed by atoms with E-state index in [1.54, 1.807) is 13.2 Å². The number of nitriles is 1. The fraction of sp³-hybridized carbons (Fsp3) is 0.0714. The van der Waals surface area contributed by atoms with Crippen LogP contribution in [0.5, 0.6) is 5.75 Å². The molecule has 0 fully saturated rings. The van der Waals surface area contributed by atoms with Crippen molar-refractivity contribution in [3.8, 4) is 11.8 Å². The standard InChI is InChI=1S/C14H10BrFN2O/c1-19-14-7-11(3-4-12(14)15)18-13-5-2-10(16)6-9(13)8-17/h2-7,18H,1H3. The zero-order valence-electron chi connectivity index (χ0n) is 10.1. The van der Waals surface area contributed by atoms with Gasteiger partial charge in [0.15, 0.2) is 0 Å². The van der Waals surface area contributed by atoms with Gasteiger partial charge in [-0.05, 0) is 46.3 Å². The summed E-state index contributed by atoms with van der Waals surface area (Å²) in [4.78, 5) is 0. The summed E-state index contributed by atoms with van der Waals surface area (Å²) in [6.45, 7) is 0.